The van der Waals surface area contributed by atoms with Gasteiger partial charge in [-0.25, -0.2) is 12.7 Å². The first kappa shape index (κ1) is 22.7. The molecule has 168 valence electrons. The lowest BCUT2D eigenvalue weighted by molar-refractivity contribution is 0.194. The van der Waals surface area contributed by atoms with Gasteiger partial charge in [0.2, 0.25) is 10.0 Å². The Morgan fingerprint density at radius 2 is 1.38 bits per heavy atom. The number of piperidine rings is 1. The average molecular weight is 449 g/mol. The third-order valence-electron chi connectivity index (χ3n) is 6.54. The predicted octanol–water partition coefficient (Wildman–Crippen LogP) is 4.97. The molecule has 0 amide bonds. The molecule has 0 radical (unpaired) electrons. The molecule has 4 rings (SSSR count). The molecule has 1 saturated heterocycles. The van der Waals surface area contributed by atoms with Gasteiger partial charge in [0, 0.05) is 26.1 Å². The van der Waals surface area contributed by atoms with Crippen LogP contribution in [0.4, 0.5) is 0 Å². The molecule has 3 aromatic rings. The van der Waals surface area contributed by atoms with Crippen LogP contribution in [0, 0.1) is 0 Å². The quantitative estimate of drug-likeness (QED) is 0.488. The van der Waals surface area contributed by atoms with Crippen LogP contribution in [0.25, 0.3) is 0 Å². The van der Waals surface area contributed by atoms with Gasteiger partial charge in [-0.05, 0) is 55.1 Å². The van der Waals surface area contributed by atoms with Crippen LogP contribution in [-0.4, -0.2) is 50.8 Å². The molecule has 0 aliphatic carbocycles. The minimum absolute atomic E-state index is 0.118. The maximum Gasteiger partial charge on any atom is 0.242 e. The van der Waals surface area contributed by atoms with Gasteiger partial charge in [-0.2, -0.15) is 0 Å². The van der Waals surface area contributed by atoms with Gasteiger partial charge in [-0.3, -0.25) is 0 Å². The fourth-order valence-corrected chi connectivity index (χ4v) is 5.90. The maximum atomic E-state index is 13.1. The molecule has 0 N–H and O–H groups in total. The zero-order valence-corrected chi connectivity index (χ0v) is 19.5. The molecule has 32 heavy (non-hydrogen) atoms. The SMILES string of the molecule is CN(CC(CN1CCC(c2ccccc2)CC1)c1ccccc1)S(=O)(=O)c1ccccc1. The molecule has 1 unspecified atom stereocenters. The summed E-state index contributed by atoms with van der Waals surface area (Å²) in [5.74, 6) is 0.733. The van der Waals surface area contributed by atoms with Crippen molar-refractivity contribution in [2.24, 2.45) is 0 Å². The summed E-state index contributed by atoms with van der Waals surface area (Å²) in [6.07, 6.45) is 2.29. The number of nitrogens with zero attached hydrogens (tertiary/aromatic N) is 2. The lowest BCUT2D eigenvalue weighted by atomic mass is 9.88. The van der Waals surface area contributed by atoms with Crippen LogP contribution in [0.2, 0.25) is 0 Å². The van der Waals surface area contributed by atoms with E-state index in [1.165, 1.54) is 15.4 Å². The summed E-state index contributed by atoms with van der Waals surface area (Å²) in [5.41, 5.74) is 2.62. The molecule has 5 heteroatoms. The van der Waals surface area contributed by atoms with E-state index >= 15 is 0 Å². The Hall–Kier alpha value is -2.47. The van der Waals surface area contributed by atoms with Crippen molar-refractivity contribution < 1.29 is 8.42 Å². The van der Waals surface area contributed by atoms with Crippen molar-refractivity contribution in [1.29, 1.82) is 0 Å². The van der Waals surface area contributed by atoms with Crippen LogP contribution in [0.3, 0.4) is 0 Å². The van der Waals surface area contributed by atoms with E-state index in [0.717, 1.165) is 32.5 Å². The fraction of sp³-hybridized carbons (Fsp3) is 0.333. The van der Waals surface area contributed by atoms with Crippen molar-refractivity contribution in [3.8, 4) is 0 Å². The van der Waals surface area contributed by atoms with Crippen molar-refractivity contribution in [1.82, 2.24) is 9.21 Å². The molecule has 1 aliphatic heterocycles. The third kappa shape index (κ3) is 5.47. The molecule has 1 fully saturated rings. The van der Waals surface area contributed by atoms with E-state index in [9.17, 15) is 8.42 Å². The molecule has 0 saturated carbocycles. The molecule has 1 heterocycles. The van der Waals surface area contributed by atoms with E-state index in [4.69, 9.17) is 0 Å². The number of likely N-dealkylation sites (N-methyl/N-ethyl adjacent to an activating group) is 1. The van der Waals surface area contributed by atoms with E-state index < -0.39 is 10.0 Å². The minimum atomic E-state index is -3.51. The van der Waals surface area contributed by atoms with Gasteiger partial charge in [0.1, 0.15) is 0 Å². The fourth-order valence-electron chi connectivity index (χ4n) is 4.66. The molecule has 4 nitrogen and oxygen atoms in total. The first-order valence-corrected chi connectivity index (χ1v) is 12.8. The van der Waals surface area contributed by atoms with Crippen molar-refractivity contribution in [2.45, 2.75) is 29.6 Å². The highest BCUT2D eigenvalue weighted by Crippen LogP contribution is 2.30. The van der Waals surface area contributed by atoms with Gasteiger partial charge in [0.15, 0.2) is 0 Å². The second kappa shape index (κ2) is 10.4. The first-order valence-electron chi connectivity index (χ1n) is 11.4. The molecule has 3 aromatic carbocycles. The van der Waals surface area contributed by atoms with Crippen LogP contribution in [0.5, 0.6) is 0 Å². The zero-order chi connectivity index (χ0) is 22.4. The second-order valence-corrected chi connectivity index (χ2v) is 10.7. The van der Waals surface area contributed by atoms with E-state index in [-0.39, 0.29) is 5.92 Å². The summed E-state index contributed by atoms with van der Waals surface area (Å²) < 4.78 is 27.7. The van der Waals surface area contributed by atoms with Crippen molar-refractivity contribution in [3.05, 3.63) is 102 Å². The van der Waals surface area contributed by atoms with Crippen molar-refractivity contribution in [3.63, 3.8) is 0 Å². The predicted molar refractivity (Wildman–Crippen MR) is 130 cm³/mol. The third-order valence-corrected chi connectivity index (χ3v) is 8.37. The Morgan fingerprint density at radius 1 is 0.844 bits per heavy atom. The summed E-state index contributed by atoms with van der Waals surface area (Å²) >= 11 is 0. The summed E-state index contributed by atoms with van der Waals surface area (Å²) in [4.78, 5) is 2.85. The zero-order valence-electron chi connectivity index (χ0n) is 18.7. The monoisotopic (exact) mass is 448 g/mol. The van der Waals surface area contributed by atoms with E-state index in [0.29, 0.717) is 17.4 Å². The summed E-state index contributed by atoms with van der Waals surface area (Å²) in [5, 5.41) is 0. The second-order valence-electron chi connectivity index (χ2n) is 8.69. The molecule has 1 atom stereocenters. The lowest BCUT2D eigenvalue weighted by Crippen LogP contribution is -2.40. The Kier molecular flexibility index (Phi) is 7.40. The number of rotatable bonds is 8. The van der Waals surface area contributed by atoms with Gasteiger partial charge in [0.25, 0.3) is 0 Å². The highest BCUT2D eigenvalue weighted by molar-refractivity contribution is 7.89. The Labute approximate surface area is 192 Å². The summed E-state index contributed by atoms with van der Waals surface area (Å²) in [6.45, 7) is 3.40. The molecular weight excluding hydrogens is 416 g/mol. The topological polar surface area (TPSA) is 40.6 Å². The van der Waals surface area contributed by atoms with Gasteiger partial charge < -0.3 is 4.90 Å². The average Bonchev–Trinajstić information content (AvgIpc) is 2.85. The highest BCUT2D eigenvalue weighted by atomic mass is 32.2. The molecule has 0 bridgehead atoms. The van der Waals surface area contributed by atoms with Gasteiger partial charge >= 0.3 is 0 Å². The first-order chi connectivity index (χ1) is 15.5. The standard InChI is InChI=1S/C27H32N2O2S/c1-28(32(30,31)27-15-9-4-10-16-27)21-26(24-13-7-3-8-14-24)22-29-19-17-25(18-20-29)23-11-5-2-6-12-23/h2-16,25-26H,17-22H2,1H3. The van der Waals surface area contributed by atoms with Crippen LogP contribution in [0.15, 0.2) is 95.9 Å². The Morgan fingerprint density at radius 3 is 1.97 bits per heavy atom. The van der Waals surface area contributed by atoms with Gasteiger partial charge in [0.05, 0.1) is 4.90 Å². The lowest BCUT2D eigenvalue weighted by Gasteiger charge is -2.35. The summed E-state index contributed by atoms with van der Waals surface area (Å²) in [7, 11) is -1.82. The Bertz CT molecular complexity index is 1060. The smallest absolute Gasteiger partial charge is 0.242 e. The van der Waals surface area contributed by atoms with E-state index in [1.54, 1.807) is 31.3 Å². The number of benzene rings is 3. The van der Waals surface area contributed by atoms with Crippen LogP contribution in [-0.2, 0) is 10.0 Å². The van der Waals surface area contributed by atoms with Crippen LogP contribution in [0.1, 0.15) is 35.8 Å². The minimum Gasteiger partial charge on any atom is -0.303 e. The van der Waals surface area contributed by atoms with Crippen LogP contribution < -0.4 is 0 Å². The van der Waals surface area contributed by atoms with E-state index in [1.807, 2.05) is 24.3 Å². The Balaban J connectivity index is 1.45. The summed E-state index contributed by atoms with van der Waals surface area (Å²) in [6, 6.07) is 29.8. The highest BCUT2D eigenvalue weighted by Gasteiger charge is 2.27. The van der Waals surface area contributed by atoms with Crippen molar-refractivity contribution in [2.75, 3.05) is 33.2 Å². The number of hydrogen-bond donors (Lipinski definition) is 0. The number of hydrogen-bond acceptors (Lipinski definition) is 3. The molecule has 0 aromatic heterocycles. The normalized spacial score (nSPS) is 16.8. The number of likely N-dealkylation sites (tertiary alicyclic amines) is 1. The van der Waals surface area contributed by atoms with Gasteiger partial charge in [-0.15, -0.1) is 0 Å². The van der Waals surface area contributed by atoms with Gasteiger partial charge in [-0.1, -0.05) is 78.9 Å². The van der Waals surface area contributed by atoms with E-state index in [2.05, 4.69) is 47.4 Å². The number of sulfonamides is 1. The molecule has 1 aliphatic rings. The van der Waals surface area contributed by atoms with Crippen molar-refractivity contribution >= 4 is 10.0 Å². The molecule has 0 spiro atoms. The largest absolute Gasteiger partial charge is 0.303 e. The maximum absolute atomic E-state index is 13.1. The van der Waals surface area contributed by atoms with Crippen LogP contribution >= 0.6 is 0 Å². The molecular formula is C27H32N2O2S.